The maximum Gasteiger partial charge on any atom is 0.416 e. The predicted molar refractivity (Wildman–Crippen MR) is 156 cm³/mol. The second kappa shape index (κ2) is 14.6. The molecule has 3 rings (SSSR count). The summed E-state index contributed by atoms with van der Waals surface area (Å²) < 4.78 is 43.0. The van der Waals surface area contributed by atoms with Gasteiger partial charge in [-0.1, -0.05) is 50.6 Å². The highest BCUT2D eigenvalue weighted by Gasteiger charge is 2.34. The summed E-state index contributed by atoms with van der Waals surface area (Å²) >= 11 is 5.55. The molecule has 0 radical (unpaired) electrons. The van der Waals surface area contributed by atoms with Gasteiger partial charge in [-0.05, 0) is 54.4 Å². The monoisotopic (exact) mass is 584 g/mol. The van der Waals surface area contributed by atoms with Gasteiger partial charge < -0.3 is 20.1 Å². The minimum absolute atomic E-state index is 0.0345. The number of halogens is 3. The summed E-state index contributed by atoms with van der Waals surface area (Å²) in [7, 11) is 0. The second-order valence-corrected chi connectivity index (χ2v) is 10.3. The van der Waals surface area contributed by atoms with Crippen molar-refractivity contribution in [1.29, 1.82) is 5.26 Å². The number of imidazole rings is 1. The fourth-order valence-corrected chi connectivity index (χ4v) is 4.74. The number of amides is 1. The summed E-state index contributed by atoms with van der Waals surface area (Å²) in [5.74, 6) is -0.186. The number of rotatable bonds is 12. The molecular weight excluding hydrogens is 549 g/mol. The number of carbonyl (C=O) groups is 1. The highest BCUT2D eigenvalue weighted by molar-refractivity contribution is 7.80. The molecule has 3 aromatic rings. The maximum atomic E-state index is 13.7. The minimum Gasteiger partial charge on any atom is -0.363 e. The Morgan fingerprint density at radius 3 is 2.51 bits per heavy atom. The molecule has 0 unspecified atom stereocenters. The second-order valence-electron chi connectivity index (χ2n) is 9.93. The molecule has 11 heteroatoms. The first-order valence-electron chi connectivity index (χ1n) is 13.5. The molecule has 1 aromatic heterocycles. The highest BCUT2D eigenvalue weighted by atomic mass is 32.1. The number of nitriles is 1. The highest BCUT2D eigenvalue weighted by Crippen LogP contribution is 2.32. The topological polar surface area (TPSA) is 86.0 Å². The number of nitrogens with zero attached hydrogens (tertiary/aromatic N) is 4. The van der Waals surface area contributed by atoms with Crippen molar-refractivity contribution < 1.29 is 18.0 Å². The molecule has 0 bridgehead atoms. The summed E-state index contributed by atoms with van der Waals surface area (Å²) in [4.78, 5) is 19.1. The summed E-state index contributed by atoms with van der Waals surface area (Å²) in [5, 5.41) is 15.5. The largest absolute Gasteiger partial charge is 0.416 e. The van der Waals surface area contributed by atoms with Gasteiger partial charge in [0.2, 0.25) is 5.91 Å². The van der Waals surface area contributed by atoms with E-state index in [0.717, 1.165) is 18.1 Å². The third kappa shape index (κ3) is 9.05. The predicted octanol–water partition coefficient (Wildman–Crippen LogP) is 5.29. The van der Waals surface area contributed by atoms with Gasteiger partial charge in [0, 0.05) is 44.1 Å². The molecule has 7 nitrogen and oxygen atoms in total. The Morgan fingerprint density at radius 1 is 1.17 bits per heavy atom. The Kier molecular flexibility index (Phi) is 11.3. The van der Waals surface area contributed by atoms with E-state index in [1.165, 1.54) is 12.1 Å². The molecule has 0 fully saturated rings. The van der Waals surface area contributed by atoms with Crippen molar-refractivity contribution in [1.82, 2.24) is 25.1 Å². The third-order valence-corrected chi connectivity index (χ3v) is 7.37. The average molecular weight is 585 g/mol. The van der Waals surface area contributed by atoms with E-state index < -0.39 is 11.7 Å². The van der Waals surface area contributed by atoms with Crippen LogP contribution in [-0.2, 0) is 30.5 Å². The number of hydrogen-bond donors (Lipinski definition) is 2. The number of alkyl halides is 3. The molecule has 0 aliphatic rings. The van der Waals surface area contributed by atoms with Crippen LogP contribution in [0.3, 0.4) is 0 Å². The van der Waals surface area contributed by atoms with Crippen molar-refractivity contribution in [3.05, 3.63) is 89.0 Å². The molecule has 0 aliphatic carbocycles. The lowest BCUT2D eigenvalue weighted by molar-refractivity contribution is -0.138. The Morgan fingerprint density at radius 2 is 1.88 bits per heavy atom. The van der Waals surface area contributed by atoms with Crippen LogP contribution in [0.5, 0.6) is 0 Å². The number of aromatic nitrogens is 2. The van der Waals surface area contributed by atoms with Gasteiger partial charge in [0.05, 0.1) is 29.9 Å². The molecule has 0 saturated heterocycles. The van der Waals surface area contributed by atoms with E-state index in [-0.39, 0.29) is 42.9 Å². The Labute approximate surface area is 244 Å². The summed E-state index contributed by atoms with van der Waals surface area (Å²) in [5.41, 5.74) is 1.66. The van der Waals surface area contributed by atoms with Gasteiger partial charge in [0.25, 0.3) is 0 Å². The van der Waals surface area contributed by atoms with Crippen LogP contribution >= 0.6 is 12.2 Å². The molecule has 2 aromatic carbocycles. The zero-order valence-electron chi connectivity index (χ0n) is 23.4. The Balaban J connectivity index is 1.76. The number of carbonyl (C=O) groups excluding carboxylic acids is 1. The molecule has 2 atom stereocenters. The van der Waals surface area contributed by atoms with Gasteiger partial charge >= 0.3 is 6.18 Å². The maximum absolute atomic E-state index is 13.7. The van der Waals surface area contributed by atoms with Gasteiger partial charge in [-0.2, -0.15) is 18.4 Å². The van der Waals surface area contributed by atoms with Crippen LogP contribution in [0.4, 0.5) is 13.2 Å². The standard InChI is InChI=1S/C30H35F3N6OS/c1-4-21(3)27(19-38(29(41)36-5-2)18-24-8-6-7-9-26(24)30(31,32)33)37-28(40)14-25-16-35-20-39(25)17-23-12-10-22(15-34)11-13-23/h6-13,16,20-21,27H,4-5,14,17-19H2,1-3H3,(H,36,41)(H,37,40)/t21-,27+/m0/s1. The van der Waals surface area contributed by atoms with Gasteiger partial charge in [-0.25, -0.2) is 4.98 Å². The zero-order valence-corrected chi connectivity index (χ0v) is 24.2. The van der Waals surface area contributed by atoms with Crippen molar-refractivity contribution in [2.45, 2.75) is 58.9 Å². The van der Waals surface area contributed by atoms with Crippen LogP contribution < -0.4 is 10.6 Å². The first-order valence-corrected chi connectivity index (χ1v) is 13.9. The molecular formula is C30H35F3N6OS. The lowest BCUT2D eigenvalue weighted by Crippen LogP contribution is -2.51. The number of hydrogen-bond acceptors (Lipinski definition) is 4. The molecule has 218 valence electrons. The van der Waals surface area contributed by atoms with E-state index in [4.69, 9.17) is 17.5 Å². The first kappa shape index (κ1) is 31.6. The number of nitrogens with one attached hydrogen (secondary N) is 2. The van der Waals surface area contributed by atoms with E-state index in [0.29, 0.717) is 29.5 Å². The van der Waals surface area contributed by atoms with Crippen molar-refractivity contribution >= 4 is 23.2 Å². The first-order chi connectivity index (χ1) is 19.5. The summed E-state index contributed by atoms with van der Waals surface area (Å²) in [6.07, 6.45) is -0.364. The lowest BCUT2D eigenvalue weighted by atomic mass is 9.97. The molecule has 41 heavy (non-hydrogen) atoms. The Hall–Kier alpha value is -3.91. The van der Waals surface area contributed by atoms with Gasteiger partial charge in [-0.3, -0.25) is 4.79 Å². The molecule has 2 N–H and O–H groups in total. The minimum atomic E-state index is -4.49. The van der Waals surface area contributed by atoms with Crippen molar-refractivity contribution in [2.24, 2.45) is 5.92 Å². The van der Waals surface area contributed by atoms with Crippen molar-refractivity contribution in [3.8, 4) is 6.07 Å². The summed E-state index contributed by atoms with van der Waals surface area (Å²) in [6, 6.07) is 14.4. The SMILES string of the molecule is CCNC(=S)N(Cc1ccccc1C(F)(F)F)C[C@@H](NC(=O)Cc1cncn1Cc1ccc(C#N)cc1)[C@@H](C)CC. The fraction of sp³-hybridized carbons (Fsp3) is 0.400. The average Bonchev–Trinajstić information content (AvgIpc) is 3.37. The lowest BCUT2D eigenvalue weighted by Gasteiger charge is -2.33. The summed E-state index contributed by atoms with van der Waals surface area (Å²) in [6.45, 7) is 7.06. The van der Waals surface area contributed by atoms with E-state index in [1.54, 1.807) is 35.6 Å². The third-order valence-electron chi connectivity index (χ3n) is 6.97. The quantitative estimate of drug-likeness (QED) is 0.282. The van der Waals surface area contributed by atoms with Gasteiger partial charge in [0.1, 0.15) is 0 Å². The number of thiocarbonyl (C=S) groups is 1. The van der Waals surface area contributed by atoms with Crippen LogP contribution in [0.25, 0.3) is 0 Å². The van der Waals surface area contributed by atoms with Gasteiger partial charge in [-0.15, -0.1) is 0 Å². The van der Waals surface area contributed by atoms with Crippen LogP contribution in [-0.4, -0.2) is 44.6 Å². The van der Waals surface area contributed by atoms with E-state index in [2.05, 4.69) is 21.7 Å². The number of benzene rings is 2. The van der Waals surface area contributed by atoms with Crippen LogP contribution in [0.1, 0.15) is 55.1 Å². The molecule has 0 spiro atoms. The molecule has 1 amide bonds. The van der Waals surface area contributed by atoms with Crippen LogP contribution in [0, 0.1) is 17.2 Å². The van der Waals surface area contributed by atoms with E-state index in [1.807, 2.05) is 37.5 Å². The van der Waals surface area contributed by atoms with Gasteiger partial charge in [0.15, 0.2) is 5.11 Å². The normalized spacial score (nSPS) is 12.7. The smallest absolute Gasteiger partial charge is 0.363 e. The molecule has 0 aliphatic heterocycles. The van der Waals surface area contributed by atoms with E-state index >= 15 is 0 Å². The van der Waals surface area contributed by atoms with E-state index in [9.17, 15) is 18.0 Å². The van der Waals surface area contributed by atoms with Crippen LogP contribution in [0.15, 0.2) is 61.1 Å². The zero-order chi connectivity index (χ0) is 30.0. The molecule has 0 saturated carbocycles. The van der Waals surface area contributed by atoms with Crippen molar-refractivity contribution in [3.63, 3.8) is 0 Å². The van der Waals surface area contributed by atoms with Crippen LogP contribution in [0.2, 0.25) is 0 Å². The molecule has 1 heterocycles. The fourth-order valence-electron chi connectivity index (χ4n) is 4.45. The van der Waals surface area contributed by atoms with Crippen molar-refractivity contribution in [2.75, 3.05) is 13.1 Å². The Bertz CT molecular complexity index is 1350.